The van der Waals surface area contributed by atoms with E-state index < -0.39 is 10.8 Å². The SMILES string of the molecule is [B]1c2cccc3c2N(c2ccccc2C3(c2ccccc2)c2ccccc2)c2cc(-c3ccccc3)cc(-c3cccc4c3Nc3ccccc3C4(c3ccccc3)c3ccccc3)c21. The number of para-hydroxylation sites is 4. The first-order chi connectivity index (χ1) is 32.3. The molecule has 10 aromatic rings. The molecular formula is C62H42BN2. The third kappa shape index (κ3) is 5.36. The molecule has 0 amide bonds. The van der Waals surface area contributed by atoms with Crippen molar-refractivity contribution in [3.05, 3.63) is 293 Å². The minimum Gasteiger partial charge on any atom is -0.354 e. The Labute approximate surface area is 381 Å². The molecule has 0 spiro atoms. The number of nitrogens with zero attached hydrogens (tertiary/aromatic N) is 1. The number of fused-ring (bicyclic) bond motifs is 6. The lowest BCUT2D eigenvalue weighted by Gasteiger charge is -2.49. The van der Waals surface area contributed by atoms with E-state index >= 15 is 0 Å². The number of hydrogen-bond donors (Lipinski definition) is 1. The van der Waals surface area contributed by atoms with Crippen molar-refractivity contribution in [3.63, 3.8) is 0 Å². The number of rotatable bonds is 6. The lowest BCUT2D eigenvalue weighted by atomic mass is 9.54. The fraction of sp³-hybridized carbons (Fsp3) is 0.0323. The molecular weight excluding hydrogens is 784 g/mol. The van der Waals surface area contributed by atoms with E-state index in [1.165, 1.54) is 83.5 Å². The molecule has 13 rings (SSSR count). The van der Waals surface area contributed by atoms with E-state index in [4.69, 9.17) is 0 Å². The summed E-state index contributed by atoms with van der Waals surface area (Å²) >= 11 is 0. The number of benzene rings is 10. The molecule has 0 bridgehead atoms. The molecule has 3 aliphatic heterocycles. The average Bonchev–Trinajstić information content (AvgIpc) is 3.39. The summed E-state index contributed by atoms with van der Waals surface area (Å²) in [7, 11) is 2.46. The van der Waals surface area contributed by atoms with Crippen LogP contribution in [0.2, 0.25) is 0 Å². The van der Waals surface area contributed by atoms with Crippen LogP contribution in [0.1, 0.15) is 44.5 Å². The summed E-state index contributed by atoms with van der Waals surface area (Å²) in [5.74, 6) is 0. The highest BCUT2D eigenvalue weighted by atomic mass is 15.2. The van der Waals surface area contributed by atoms with E-state index in [0.29, 0.717) is 0 Å². The Morgan fingerprint density at radius 1 is 0.354 bits per heavy atom. The predicted molar refractivity (Wildman–Crippen MR) is 270 cm³/mol. The zero-order valence-electron chi connectivity index (χ0n) is 35.7. The Balaban J connectivity index is 1.12. The summed E-state index contributed by atoms with van der Waals surface area (Å²) in [5.41, 5.74) is 21.7. The van der Waals surface area contributed by atoms with E-state index in [2.05, 4.69) is 266 Å². The zero-order chi connectivity index (χ0) is 43.0. The maximum atomic E-state index is 4.07. The second kappa shape index (κ2) is 14.7. The highest BCUT2D eigenvalue weighted by Crippen LogP contribution is 2.59. The van der Waals surface area contributed by atoms with Crippen molar-refractivity contribution in [2.24, 2.45) is 0 Å². The van der Waals surface area contributed by atoms with E-state index in [1.54, 1.807) is 0 Å². The Kier molecular flexibility index (Phi) is 8.48. The fourth-order valence-corrected chi connectivity index (χ4v) is 11.6. The molecule has 3 heterocycles. The molecule has 0 unspecified atom stereocenters. The monoisotopic (exact) mass is 825 g/mol. The molecule has 1 N–H and O–H groups in total. The van der Waals surface area contributed by atoms with Crippen molar-refractivity contribution in [2.45, 2.75) is 10.8 Å². The molecule has 0 aromatic heterocycles. The topological polar surface area (TPSA) is 15.3 Å². The smallest absolute Gasteiger partial charge is 0.197 e. The van der Waals surface area contributed by atoms with Crippen molar-refractivity contribution >= 4 is 46.6 Å². The molecule has 0 saturated heterocycles. The molecule has 2 nitrogen and oxygen atoms in total. The van der Waals surface area contributed by atoms with Gasteiger partial charge in [-0.1, -0.05) is 230 Å². The molecule has 0 aliphatic carbocycles. The maximum absolute atomic E-state index is 4.07. The quantitative estimate of drug-likeness (QED) is 0.168. The molecule has 3 heteroatoms. The second-order valence-corrected chi connectivity index (χ2v) is 17.4. The van der Waals surface area contributed by atoms with Crippen LogP contribution in [0.3, 0.4) is 0 Å². The third-order valence-electron chi connectivity index (χ3n) is 14.2. The molecule has 0 saturated carbocycles. The van der Waals surface area contributed by atoms with Gasteiger partial charge in [0.25, 0.3) is 0 Å². The van der Waals surface area contributed by atoms with E-state index in [0.717, 1.165) is 22.6 Å². The van der Waals surface area contributed by atoms with Crippen LogP contribution < -0.4 is 21.1 Å². The lowest BCUT2D eigenvalue weighted by molar-refractivity contribution is 0.732. The first kappa shape index (κ1) is 37.4. The normalized spacial score (nSPS) is 14.3. The summed E-state index contributed by atoms with van der Waals surface area (Å²) in [5, 5.41) is 4.07. The molecule has 3 aliphatic rings. The van der Waals surface area contributed by atoms with Crippen molar-refractivity contribution < 1.29 is 0 Å². The van der Waals surface area contributed by atoms with Crippen LogP contribution in [0, 0.1) is 0 Å². The molecule has 10 aromatic carbocycles. The first-order valence-electron chi connectivity index (χ1n) is 22.6. The Bertz CT molecular complexity index is 3340. The van der Waals surface area contributed by atoms with Crippen LogP contribution >= 0.6 is 0 Å². The van der Waals surface area contributed by atoms with Crippen molar-refractivity contribution in [3.8, 4) is 22.3 Å². The van der Waals surface area contributed by atoms with Gasteiger partial charge in [-0.15, -0.1) is 0 Å². The van der Waals surface area contributed by atoms with Gasteiger partial charge in [0.15, 0.2) is 7.28 Å². The molecule has 1 radical (unpaired) electrons. The van der Waals surface area contributed by atoms with Gasteiger partial charge in [0.05, 0.1) is 22.2 Å². The average molecular weight is 826 g/mol. The van der Waals surface area contributed by atoms with Crippen LogP contribution in [0.25, 0.3) is 22.3 Å². The van der Waals surface area contributed by atoms with E-state index in [9.17, 15) is 0 Å². The van der Waals surface area contributed by atoms with E-state index in [-0.39, 0.29) is 0 Å². The van der Waals surface area contributed by atoms with Gasteiger partial charge >= 0.3 is 0 Å². The summed E-state index contributed by atoms with van der Waals surface area (Å²) in [6.45, 7) is 0. The van der Waals surface area contributed by atoms with Crippen molar-refractivity contribution in [1.82, 2.24) is 0 Å². The summed E-state index contributed by atoms with van der Waals surface area (Å²) in [6.07, 6.45) is 0. The minimum atomic E-state index is -0.581. The Morgan fingerprint density at radius 3 is 1.48 bits per heavy atom. The maximum Gasteiger partial charge on any atom is 0.197 e. The van der Waals surface area contributed by atoms with Gasteiger partial charge in [0, 0.05) is 22.6 Å². The Hall–Kier alpha value is -8.14. The van der Waals surface area contributed by atoms with Crippen molar-refractivity contribution in [2.75, 3.05) is 10.2 Å². The second-order valence-electron chi connectivity index (χ2n) is 17.4. The van der Waals surface area contributed by atoms with Crippen LogP contribution in [0.15, 0.2) is 249 Å². The van der Waals surface area contributed by atoms with Crippen LogP contribution in [-0.2, 0) is 10.8 Å². The predicted octanol–water partition coefficient (Wildman–Crippen LogP) is 13.6. The molecule has 0 fully saturated rings. The largest absolute Gasteiger partial charge is 0.354 e. The van der Waals surface area contributed by atoms with Gasteiger partial charge in [0.1, 0.15) is 0 Å². The number of nitrogens with one attached hydrogen (secondary N) is 1. The number of anilines is 5. The Morgan fingerprint density at radius 2 is 0.846 bits per heavy atom. The van der Waals surface area contributed by atoms with Crippen LogP contribution in [-0.4, -0.2) is 7.28 Å². The number of hydrogen-bond acceptors (Lipinski definition) is 2. The first-order valence-corrected chi connectivity index (χ1v) is 22.6. The van der Waals surface area contributed by atoms with Crippen LogP contribution in [0.4, 0.5) is 28.4 Å². The standard InChI is InChI=1S/C62H42BN2/c1-6-22-42(23-7-1)43-40-49(48-32-20-35-52-59(48)64-55-38-18-16-33-50(55)61(52,44-24-8-2-9-25-44)45-26-10-3-11-27-45)58-57(41-43)65-56-39-19-17-34-51(56)62(46-28-12-4-13-29-46,47-30-14-5-15-31-47)53-36-21-37-54(63-58)60(53)65/h1-41,64H. The minimum absolute atomic E-state index is 0.555. The molecule has 303 valence electrons. The van der Waals surface area contributed by atoms with Gasteiger partial charge < -0.3 is 10.2 Å². The fourth-order valence-electron chi connectivity index (χ4n) is 11.6. The molecule has 65 heavy (non-hydrogen) atoms. The highest BCUT2D eigenvalue weighted by molar-refractivity contribution is 6.73. The highest BCUT2D eigenvalue weighted by Gasteiger charge is 2.49. The zero-order valence-corrected chi connectivity index (χ0v) is 35.7. The van der Waals surface area contributed by atoms with E-state index in [1.807, 2.05) is 0 Å². The summed E-state index contributed by atoms with van der Waals surface area (Å²) < 4.78 is 0. The van der Waals surface area contributed by atoms with Crippen LogP contribution in [0.5, 0.6) is 0 Å². The van der Waals surface area contributed by atoms with Gasteiger partial charge in [-0.3, -0.25) is 0 Å². The van der Waals surface area contributed by atoms with Gasteiger partial charge in [-0.2, -0.15) is 0 Å². The lowest BCUT2D eigenvalue weighted by Crippen LogP contribution is -2.47. The summed E-state index contributed by atoms with van der Waals surface area (Å²) in [4.78, 5) is 2.58. The van der Waals surface area contributed by atoms with Crippen molar-refractivity contribution in [1.29, 1.82) is 0 Å². The van der Waals surface area contributed by atoms with Gasteiger partial charge in [0.2, 0.25) is 0 Å². The summed E-state index contributed by atoms with van der Waals surface area (Å²) in [6, 6.07) is 91.9. The third-order valence-corrected chi connectivity index (χ3v) is 14.2. The van der Waals surface area contributed by atoms with Gasteiger partial charge in [-0.25, -0.2) is 0 Å². The van der Waals surface area contributed by atoms with Gasteiger partial charge in [-0.05, 0) is 90.9 Å². The molecule has 0 atom stereocenters.